The lowest BCUT2D eigenvalue weighted by molar-refractivity contribution is 0.923. The zero-order valence-electron chi connectivity index (χ0n) is 11.5. The van der Waals surface area contributed by atoms with Gasteiger partial charge in [0.2, 0.25) is 0 Å². The maximum atomic E-state index is 6.16. The number of rotatable bonds is 2. The Hall–Kier alpha value is -2.14. The van der Waals surface area contributed by atoms with Crippen molar-refractivity contribution >= 4 is 28.9 Å². The number of benzene rings is 1. The second-order valence-electron chi connectivity index (χ2n) is 4.73. The van der Waals surface area contributed by atoms with Gasteiger partial charge < -0.3 is 5.32 Å². The van der Waals surface area contributed by atoms with Gasteiger partial charge in [0.05, 0.1) is 0 Å². The molecule has 2 heterocycles. The van der Waals surface area contributed by atoms with Crippen LogP contribution in [0.25, 0.3) is 5.78 Å². The zero-order valence-corrected chi connectivity index (χ0v) is 12.2. The van der Waals surface area contributed by atoms with Gasteiger partial charge in [0.1, 0.15) is 12.1 Å². The Labute approximate surface area is 121 Å². The summed E-state index contributed by atoms with van der Waals surface area (Å²) in [5.74, 6) is 1.43. The summed E-state index contributed by atoms with van der Waals surface area (Å²) in [5.41, 5.74) is 3.91. The molecular weight excluding hydrogens is 274 g/mol. The molecule has 0 aliphatic carbocycles. The van der Waals surface area contributed by atoms with Gasteiger partial charge in [-0.05, 0) is 38.5 Å². The molecule has 5 nitrogen and oxygen atoms in total. The van der Waals surface area contributed by atoms with E-state index >= 15 is 0 Å². The van der Waals surface area contributed by atoms with E-state index < -0.39 is 0 Å². The minimum atomic E-state index is 0.578. The van der Waals surface area contributed by atoms with Crippen molar-refractivity contribution in [2.24, 2.45) is 0 Å². The molecule has 0 aliphatic rings. The molecule has 0 atom stereocenters. The second kappa shape index (κ2) is 4.76. The normalized spacial score (nSPS) is 11.0. The van der Waals surface area contributed by atoms with E-state index in [0.717, 1.165) is 33.3 Å². The fourth-order valence-corrected chi connectivity index (χ4v) is 2.17. The summed E-state index contributed by atoms with van der Waals surface area (Å²) in [6, 6.07) is 5.86. The summed E-state index contributed by atoms with van der Waals surface area (Å²) in [5, 5.41) is 8.28. The molecule has 102 valence electrons. The van der Waals surface area contributed by atoms with E-state index in [4.69, 9.17) is 11.6 Å². The third-order valence-electron chi connectivity index (χ3n) is 3.34. The first kappa shape index (κ1) is 12.9. The number of hydrogen-bond acceptors (Lipinski definition) is 4. The number of aryl methyl sites for hydroxylation is 2. The van der Waals surface area contributed by atoms with Crippen LogP contribution in [0, 0.1) is 20.8 Å². The highest BCUT2D eigenvalue weighted by Crippen LogP contribution is 2.25. The first-order valence-corrected chi connectivity index (χ1v) is 6.64. The molecule has 0 saturated heterocycles. The number of halogens is 1. The summed E-state index contributed by atoms with van der Waals surface area (Å²) in [6.45, 7) is 5.93. The summed E-state index contributed by atoms with van der Waals surface area (Å²) in [6.07, 6.45) is 1.49. The Morgan fingerprint density at radius 2 is 2.00 bits per heavy atom. The SMILES string of the molecule is Cc1ccc(Nc2c(C)c(C)nc3ncnn23)cc1Cl. The van der Waals surface area contributed by atoms with Crippen LogP contribution in [0.4, 0.5) is 11.5 Å². The van der Waals surface area contributed by atoms with Crippen LogP contribution >= 0.6 is 11.6 Å². The highest BCUT2D eigenvalue weighted by Gasteiger charge is 2.11. The molecule has 3 rings (SSSR count). The highest BCUT2D eigenvalue weighted by molar-refractivity contribution is 6.31. The molecule has 0 unspecified atom stereocenters. The standard InChI is InChI=1S/C14H14ClN5/c1-8-4-5-11(6-12(8)15)19-13-9(2)10(3)18-14-16-7-17-20(13)14/h4-7,19H,1-3H3. The molecule has 0 spiro atoms. The van der Waals surface area contributed by atoms with Gasteiger partial charge in [-0.1, -0.05) is 17.7 Å². The fourth-order valence-electron chi connectivity index (χ4n) is 1.99. The lowest BCUT2D eigenvalue weighted by atomic mass is 10.2. The number of aromatic nitrogens is 4. The third kappa shape index (κ3) is 2.10. The van der Waals surface area contributed by atoms with E-state index in [1.165, 1.54) is 6.33 Å². The van der Waals surface area contributed by atoms with Crippen molar-refractivity contribution in [1.82, 2.24) is 19.6 Å². The maximum absolute atomic E-state index is 6.16. The van der Waals surface area contributed by atoms with Crippen molar-refractivity contribution in [3.05, 3.63) is 46.4 Å². The molecule has 0 saturated carbocycles. The monoisotopic (exact) mass is 287 g/mol. The van der Waals surface area contributed by atoms with Crippen LogP contribution in [0.2, 0.25) is 5.02 Å². The van der Waals surface area contributed by atoms with Crippen molar-refractivity contribution in [3.8, 4) is 0 Å². The van der Waals surface area contributed by atoms with Crippen molar-refractivity contribution in [3.63, 3.8) is 0 Å². The van der Waals surface area contributed by atoms with Crippen molar-refractivity contribution in [2.75, 3.05) is 5.32 Å². The molecule has 1 N–H and O–H groups in total. The van der Waals surface area contributed by atoms with Gasteiger partial charge >= 0.3 is 0 Å². The Bertz CT molecular complexity index is 794. The fraction of sp³-hybridized carbons (Fsp3) is 0.214. The second-order valence-corrected chi connectivity index (χ2v) is 5.14. The topological polar surface area (TPSA) is 55.1 Å². The van der Waals surface area contributed by atoms with E-state index in [-0.39, 0.29) is 0 Å². The van der Waals surface area contributed by atoms with E-state index in [1.807, 2.05) is 39.0 Å². The quantitative estimate of drug-likeness (QED) is 0.784. The molecule has 0 amide bonds. The van der Waals surface area contributed by atoms with E-state index in [9.17, 15) is 0 Å². The molecule has 0 aliphatic heterocycles. The van der Waals surface area contributed by atoms with Crippen LogP contribution in [0.3, 0.4) is 0 Å². The first-order valence-electron chi connectivity index (χ1n) is 6.26. The Balaban J connectivity index is 2.11. The number of nitrogens with zero attached hydrogens (tertiary/aromatic N) is 4. The summed E-state index contributed by atoms with van der Waals surface area (Å²) >= 11 is 6.16. The highest BCUT2D eigenvalue weighted by atomic mass is 35.5. The Morgan fingerprint density at radius 1 is 1.20 bits per heavy atom. The Morgan fingerprint density at radius 3 is 2.75 bits per heavy atom. The van der Waals surface area contributed by atoms with Gasteiger partial charge in [-0.3, -0.25) is 0 Å². The van der Waals surface area contributed by atoms with Crippen LogP contribution in [0.1, 0.15) is 16.8 Å². The number of fused-ring (bicyclic) bond motifs is 1. The summed E-state index contributed by atoms with van der Waals surface area (Å²) < 4.78 is 1.69. The summed E-state index contributed by atoms with van der Waals surface area (Å²) in [4.78, 5) is 8.52. The van der Waals surface area contributed by atoms with Gasteiger partial charge in [0.15, 0.2) is 0 Å². The molecule has 0 radical (unpaired) electrons. The minimum absolute atomic E-state index is 0.578. The third-order valence-corrected chi connectivity index (χ3v) is 3.75. The predicted molar refractivity (Wildman–Crippen MR) is 79.7 cm³/mol. The van der Waals surface area contributed by atoms with Crippen molar-refractivity contribution in [2.45, 2.75) is 20.8 Å². The maximum Gasteiger partial charge on any atom is 0.254 e. The molecular formula is C14H14ClN5. The first-order chi connectivity index (χ1) is 9.56. The number of hydrogen-bond donors (Lipinski definition) is 1. The Kier molecular flexibility index (Phi) is 3.06. The predicted octanol–water partition coefficient (Wildman–Crippen LogP) is 3.45. The molecule has 1 aromatic carbocycles. The smallest absolute Gasteiger partial charge is 0.254 e. The average Bonchev–Trinajstić information content (AvgIpc) is 2.87. The molecule has 2 aromatic heterocycles. The molecule has 0 fully saturated rings. The summed E-state index contributed by atoms with van der Waals surface area (Å²) in [7, 11) is 0. The van der Waals surface area contributed by atoms with Crippen LogP contribution in [0.15, 0.2) is 24.5 Å². The van der Waals surface area contributed by atoms with E-state index in [1.54, 1.807) is 4.52 Å². The molecule has 3 aromatic rings. The average molecular weight is 288 g/mol. The van der Waals surface area contributed by atoms with Crippen LogP contribution in [-0.2, 0) is 0 Å². The largest absolute Gasteiger partial charge is 0.340 e. The zero-order chi connectivity index (χ0) is 14.3. The van der Waals surface area contributed by atoms with Crippen LogP contribution < -0.4 is 5.32 Å². The number of anilines is 2. The lowest BCUT2D eigenvalue weighted by Crippen LogP contribution is -2.06. The van der Waals surface area contributed by atoms with E-state index in [2.05, 4.69) is 20.4 Å². The van der Waals surface area contributed by atoms with Crippen LogP contribution in [-0.4, -0.2) is 19.6 Å². The van der Waals surface area contributed by atoms with Crippen molar-refractivity contribution in [1.29, 1.82) is 0 Å². The van der Waals surface area contributed by atoms with Crippen molar-refractivity contribution < 1.29 is 0 Å². The minimum Gasteiger partial charge on any atom is -0.340 e. The van der Waals surface area contributed by atoms with Gasteiger partial charge in [0.25, 0.3) is 5.78 Å². The van der Waals surface area contributed by atoms with Crippen LogP contribution in [0.5, 0.6) is 0 Å². The lowest BCUT2D eigenvalue weighted by Gasteiger charge is -2.13. The van der Waals surface area contributed by atoms with E-state index in [0.29, 0.717) is 5.78 Å². The molecule has 20 heavy (non-hydrogen) atoms. The molecule has 0 bridgehead atoms. The number of nitrogens with one attached hydrogen (secondary N) is 1. The van der Waals surface area contributed by atoms with Gasteiger partial charge in [-0.25, -0.2) is 4.98 Å². The van der Waals surface area contributed by atoms with Gasteiger partial charge in [0, 0.05) is 22.0 Å². The van der Waals surface area contributed by atoms with Gasteiger partial charge in [-0.15, -0.1) is 0 Å². The molecule has 6 heteroatoms. The van der Waals surface area contributed by atoms with Gasteiger partial charge in [-0.2, -0.15) is 14.6 Å².